The molecule has 0 unspecified atom stereocenters. The van der Waals surface area contributed by atoms with Crippen molar-refractivity contribution in [2.24, 2.45) is 0 Å². The van der Waals surface area contributed by atoms with Crippen LogP contribution in [0.15, 0.2) is 73.3 Å². The molecule has 0 aliphatic heterocycles. The minimum Gasteiger partial charge on any atom is -0.291 e. The molecule has 0 spiro atoms. The summed E-state index contributed by atoms with van der Waals surface area (Å²) in [4.78, 5) is 27.5. The molecule has 8 nitrogen and oxygen atoms in total. The van der Waals surface area contributed by atoms with E-state index in [0.29, 0.717) is 13.3 Å². The van der Waals surface area contributed by atoms with Crippen LogP contribution in [0.25, 0.3) is 0 Å². The molecule has 0 bridgehead atoms. The molecule has 10 heteroatoms. The quantitative estimate of drug-likeness (QED) is 0.271. The number of nitrogens with zero attached hydrogens (tertiary/aromatic N) is 6. The molecule has 0 N–H and O–H groups in total. The Labute approximate surface area is 233 Å². The first-order valence-electron chi connectivity index (χ1n) is 12.1. The second-order valence-electron chi connectivity index (χ2n) is 8.77. The Morgan fingerprint density at radius 1 is 0.658 bits per heavy atom. The number of carbonyl (C=O) groups is 2. The highest BCUT2D eigenvalue weighted by molar-refractivity contribution is 6.29. The number of benzene rings is 2. The fraction of sp³-hybridized carbons (Fsp3) is 0.286. The Bertz CT molecular complexity index is 1200. The second kappa shape index (κ2) is 13.8. The predicted molar refractivity (Wildman–Crippen MR) is 153 cm³/mol. The summed E-state index contributed by atoms with van der Waals surface area (Å²) in [5.74, 6) is -0.353. The van der Waals surface area contributed by atoms with Crippen LogP contribution < -0.4 is 9.80 Å². The molecule has 2 amide bonds. The number of hydrogen-bond acceptors (Lipinski definition) is 4. The van der Waals surface area contributed by atoms with Crippen molar-refractivity contribution in [3.63, 3.8) is 0 Å². The van der Waals surface area contributed by atoms with Gasteiger partial charge in [0.15, 0.2) is 0 Å². The topological polar surface area (TPSA) is 76.3 Å². The van der Waals surface area contributed by atoms with Crippen molar-refractivity contribution in [2.75, 3.05) is 21.6 Å². The first-order valence-corrected chi connectivity index (χ1v) is 13.1. The number of anilines is 2. The van der Waals surface area contributed by atoms with Crippen LogP contribution >= 0.6 is 23.2 Å². The van der Waals surface area contributed by atoms with Crippen molar-refractivity contribution in [3.05, 3.63) is 95.6 Å². The van der Waals surface area contributed by atoms with Crippen molar-refractivity contribution in [1.29, 1.82) is 0 Å². The number of hydrogen-bond donors (Lipinski definition) is 0. The highest BCUT2D eigenvalue weighted by Crippen LogP contribution is 2.26. The molecule has 200 valence electrons. The van der Waals surface area contributed by atoms with Crippen molar-refractivity contribution in [2.45, 2.75) is 41.0 Å². The van der Waals surface area contributed by atoms with Gasteiger partial charge in [0.1, 0.15) is 25.1 Å². The highest BCUT2D eigenvalue weighted by Gasteiger charge is 2.20. The van der Waals surface area contributed by atoms with Crippen molar-refractivity contribution < 1.29 is 9.59 Å². The fourth-order valence-electron chi connectivity index (χ4n) is 4.21. The Balaban J connectivity index is 0.000000211. The zero-order valence-corrected chi connectivity index (χ0v) is 23.5. The van der Waals surface area contributed by atoms with E-state index in [1.54, 1.807) is 31.6 Å². The van der Waals surface area contributed by atoms with E-state index in [1.165, 1.54) is 0 Å². The number of halogens is 2. The summed E-state index contributed by atoms with van der Waals surface area (Å²) in [6.45, 7) is 8.67. The Morgan fingerprint density at radius 3 is 1.26 bits per heavy atom. The minimum absolute atomic E-state index is 0.0466. The summed E-state index contributed by atoms with van der Waals surface area (Å²) < 4.78 is 3.41. The molecule has 0 radical (unpaired) electrons. The Kier molecular flexibility index (Phi) is 10.5. The van der Waals surface area contributed by atoms with Crippen LogP contribution in [0.2, 0.25) is 0 Å². The van der Waals surface area contributed by atoms with E-state index in [9.17, 15) is 9.59 Å². The van der Waals surface area contributed by atoms with Gasteiger partial charge in [0, 0.05) is 24.8 Å². The molecular formula is C28H32Cl2N6O2. The summed E-state index contributed by atoms with van der Waals surface area (Å²) in [6, 6.07) is 15.6. The third kappa shape index (κ3) is 7.24. The second-order valence-corrected chi connectivity index (χ2v) is 9.30. The van der Waals surface area contributed by atoms with Gasteiger partial charge in [-0.2, -0.15) is 10.2 Å². The largest absolute Gasteiger partial charge is 0.291 e. The maximum Gasteiger partial charge on any atom is 0.243 e. The van der Waals surface area contributed by atoms with E-state index in [2.05, 4.69) is 10.2 Å². The molecule has 38 heavy (non-hydrogen) atoms. The normalized spacial score (nSPS) is 10.5. The van der Waals surface area contributed by atoms with Crippen LogP contribution in [-0.4, -0.2) is 43.1 Å². The zero-order valence-electron chi connectivity index (χ0n) is 22.0. The number of alkyl halides is 2. The number of aryl methyl sites for hydroxylation is 4. The molecule has 0 aliphatic carbocycles. The summed E-state index contributed by atoms with van der Waals surface area (Å²) in [7, 11) is 0. The number of carbonyl (C=O) groups excluding carboxylic acids is 2. The van der Waals surface area contributed by atoms with Crippen LogP contribution in [0.5, 0.6) is 0 Å². The molecule has 0 saturated heterocycles. The number of rotatable bonds is 8. The van der Waals surface area contributed by atoms with Crippen LogP contribution in [-0.2, 0) is 22.9 Å². The zero-order chi connectivity index (χ0) is 27.7. The van der Waals surface area contributed by atoms with Crippen molar-refractivity contribution in [3.8, 4) is 0 Å². The summed E-state index contributed by atoms with van der Waals surface area (Å²) in [5.41, 5.74) is 6.00. The van der Waals surface area contributed by atoms with E-state index in [4.69, 9.17) is 23.2 Å². The van der Waals surface area contributed by atoms with E-state index < -0.39 is 0 Å². The summed E-state index contributed by atoms with van der Waals surface area (Å²) in [6.07, 6.45) is 7.02. The van der Waals surface area contributed by atoms with E-state index in [1.807, 2.05) is 88.6 Å². The van der Waals surface area contributed by atoms with Gasteiger partial charge in [-0.3, -0.25) is 28.8 Å². The van der Waals surface area contributed by atoms with E-state index >= 15 is 0 Å². The smallest absolute Gasteiger partial charge is 0.243 e. The molecule has 0 atom stereocenters. The SMILES string of the molecule is Cc1cccc(C)c1N(Cn1cccn1)C(=O)CCl.Cc1cccc(C)c1N(Cn1cccn1)C(=O)CCl. The van der Waals surface area contributed by atoms with Crippen LogP contribution in [0, 0.1) is 27.7 Å². The predicted octanol–water partition coefficient (Wildman–Crippen LogP) is 5.46. The summed E-state index contributed by atoms with van der Waals surface area (Å²) >= 11 is 11.4. The molecule has 0 aliphatic rings. The van der Waals surface area contributed by atoms with Gasteiger partial charge in [0.05, 0.1) is 11.4 Å². The van der Waals surface area contributed by atoms with Gasteiger partial charge >= 0.3 is 0 Å². The van der Waals surface area contributed by atoms with Crippen LogP contribution in [0.1, 0.15) is 22.3 Å². The molecule has 2 heterocycles. The lowest BCUT2D eigenvalue weighted by Gasteiger charge is -2.25. The standard InChI is InChI=1S/2C14H16ClN3O/c2*1-11-5-3-6-12(2)14(11)18(13(19)9-15)10-17-8-4-7-16-17/h2*3-8H,9-10H2,1-2H3. The van der Waals surface area contributed by atoms with Crippen molar-refractivity contribution in [1.82, 2.24) is 19.6 Å². The summed E-state index contributed by atoms with van der Waals surface area (Å²) in [5, 5.41) is 8.27. The Morgan fingerprint density at radius 2 is 1.00 bits per heavy atom. The first kappa shape index (κ1) is 28.9. The maximum atomic E-state index is 12.1. The highest BCUT2D eigenvalue weighted by atomic mass is 35.5. The monoisotopic (exact) mass is 554 g/mol. The lowest BCUT2D eigenvalue weighted by atomic mass is 10.1. The van der Waals surface area contributed by atoms with Gasteiger partial charge in [-0.15, -0.1) is 23.2 Å². The molecular weight excluding hydrogens is 523 g/mol. The maximum absolute atomic E-state index is 12.1. The third-order valence-electron chi connectivity index (χ3n) is 5.94. The minimum atomic E-state index is -0.130. The van der Waals surface area contributed by atoms with Gasteiger partial charge < -0.3 is 0 Å². The number of amides is 2. The fourth-order valence-corrected chi connectivity index (χ4v) is 4.50. The van der Waals surface area contributed by atoms with Gasteiger partial charge in [-0.1, -0.05) is 36.4 Å². The molecule has 4 aromatic rings. The average molecular weight is 556 g/mol. The number of aromatic nitrogens is 4. The Hall–Kier alpha value is -3.62. The number of para-hydroxylation sites is 2. The lowest BCUT2D eigenvalue weighted by molar-refractivity contribution is -0.117. The first-order chi connectivity index (χ1) is 18.3. The molecule has 4 rings (SSSR count). The molecule has 2 aromatic heterocycles. The van der Waals surface area contributed by atoms with Crippen molar-refractivity contribution >= 4 is 46.4 Å². The third-order valence-corrected chi connectivity index (χ3v) is 6.40. The molecule has 0 fully saturated rings. The van der Waals surface area contributed by atoms with Gasteiger partial charge in [-0.05, 0) is 62.1 Å². The van der Waals surface area contributed by atoms with E-state index in [-0.39, 0.29) is 23.6 Å². The molecule has 0 saturated carbocycles. The van der Waals surface area contributed by atoms with Gasteiger partial charge in [0.25, 0.3) is 0 Å². The van der Waals surface area contributed by atoms with Gasteiger partial charge in [0.2, 0.25) is 11.8 Å². The average Bonchev–Trinajstić information content (AvgIpc) is 3.61. The van der Waals surface area contributed by atoms with Crippen LogP contribution in [0.4, 0.5) is 11.4 Å². The van der Waals surface area contributed by atoms with Gasteiger partial charge in [-0.25, -0.2) is 0 Å². The van der Waals surface area contributed by atoms with E-state index in [0.717, 1.165) is 33.6 Å². The molecule has 2 aromatic carbocycles. The lowest BCUT2D eigenvalue weighted by Crippen LogP contribution is -2.35. The van der Waals surface area contributed by atoms with Crippen LogP contribution in [0.3, 0.4) is 0 Å².